The van der Waals surface area contributed by atoms with E-state index in [1.165, 1.54) is 22.3 Å². The molecule has 15 heteroatoms. The molecule has 20 atom stereocenters. The van der Waals surface area contributed by atoms with Gasteiger partial charge in [-0.15, -0.1) is 6.58 Å². The van der Waals surface area contributed by atoms with Crippen molar-refractivity contribution in [2.75, 3.05) is 34.4 Å². The van der Waals surface area contributed by atoms with Crippen molar-refractivity contribution in [1.82, 2.24) is 4.90 Å². The van der Waals surface area contributed by atoms with Gasteiger partial charge in [0.05, 0.1) is 66.4 Å². The van der Waals surface area contributed by atoms with Crippen LogP contribution in [0, 0.1) is 47.3 Å². The van der Waals surface area contributed by atoms with Crippen LogP contribution in [0.5, 0.6) is 5.75 Å². The zero-order chi connectivity index (χ0) is 62.2. The summed E-state index contributed by atoms with van der Waals surface area (Å²) in [6.07, 6.45) is 28.4. The predicted molar refractivity (Wildman–Crippen MR) is 338 cm³/mol. The molecule has 8 aliphatic heterocycles. The molecule has 0 saturated carbocycles. The van der Waals surface area contributed by atoms with Crippen LogP contribution in [-0.4, -0.2) is 134 Å². The van der Waals surface area contributed by atoms with Crippen molar-refractivity contribution in [3.8, 4) is 5.75 Å². The number of benzene rings is 1. The molecule has 1 aromatic carbocycles. The predicted octanol–water partition coefficient (Wildman–Crippen LogP) is 13.3. The Morgan fingerprint density at radius 3 is 1.27 bits per heavy atom. The Morgan fingerprint density at radius 2 is 0.886 bits per heavy atom. The Bertz CT molecular complexity index is 2790. The Labute approximate surface area is 526 Å². The zero-order valence-corrected chi connectivity index (χ0v) is 54.4. The van der Waals surface area contributed by atoms with Gasteiger partial charge in [-0.2, -0.15) is 0 Å². The fraction of sp³-hybridized carbons (Fsp3) is 0.726. The van der Waals surface area contributed by atoms with Crippen LogP contribution >= 0.6 is 0 Å². The van der Waals surface area contributed by atoms with Crippen LogP contribution in [0.2, 0.25) is 0 Å². The first-order chi connectivity index (χ1) is 41.5. The second kappa shape index (κ2) is 28.1. The highest BCUT2D eigenvalue weighted by atomic mass is 16.7. The molecule has 8 saturated heterocycles. The van der Waals surface area contributed by atoms with Crippen molar-refractivity contribution in [2.24, 2.45) is 47.3 Å². The maximum Gasteiger partial charge on any atom is 0.313 e. The lowest BCUT2D eigenvalue weighted by Crippen LogP contribution is -2.34. The topological polar surface area (TPSA) is 177 Å². The number of epoxide rings is 4. The summed E-state index contributed by atoms with van der Waals surface area (Å²) in [5.74, 6) is 1.21. The average molecular weight is 1220 g/mol. The van der Waals surface area contributed by atoms with Crippen molar-refractivity contribution in [3.05, 3.63) is 89.1 Å². The van der Waals surface area contributed by atoms with E-state index in [9.17, 15) is 19.2 Å². The molecule has 15 nitrogen and oxygen atoms in total. The Hall–Kier alpha value is -4.64. The number of allylic oxidation sites excluding steroid dienone is 8. The van der Waals surface area contributed by atoms with E-state index in [-0.39, 0.29) is 144 Å². The van der Waals surface area contributed by atoms with Crippen molar-refractivity contribution >= 4 is 23.9 Å². The van der Waals surface area contributed by atoms with Gasteiger partial charge < -0.3 is 52.3 Å². The van der Waals surface area contributed by atoms with Crippen LogP contribution in [0.4, 0.5) is 0 Å². The molecule has 12 aliphatic rings. The summed E-state index contributed by atoms with van der Waals surface area (Å²) in [5, 5.41) is 0. The summed E-state index contributed by atoms with van der Waals surface area (Å²) >= 11 is 0. The Kier molecular flexibility index (Phi) is 21.6. The van der Waals surface area contributed by atoms with Gasteiger partial charge in [0.2, 0.25) is 0 Å². The van der Waals surface area contributed by atoms with Gasteiger partial charge in [0.1, 0.15) is 54.6 Å². The van der Waals surface area contributed by atoms with Crippen LogP contribution in [0.1, 0.15) is 184 Å². The Morgan fingerprint density at radius 1 is 0.534 bits per heavy atom. The number of carbonyl (C=O) groups excluding carboxylic acids is 4. The van der Waals surface area contributed by atoms with Crippen molar-refractivity contribution in [1.29, 1.82) is 0 Å². The lowest BCUT2D eigenvalue weighted by atomic mass is 9.80. The fourth-order valence-corrected chi connectivity index (χ4v) is 15.9. The first-order valence-corrected chi connectivity index (χ1v) is 33.1. The molecule has 0 amide bonds. The second-order valence-electron chi connectivity index (χ2n) is 28.8. The number of fused-ring (bicyclic) bond motifs is 12. The summed E-state index contributed by atoms with van der Waals surface area (Å²) in [7, 11) is 5.69. The number of hydrogen-bond acceptors (Lipinski definition) is 15. The van der Waals surface area contributed by atoms with E-state index in [0.29, 0.717) is 19.1 Å². The molecular weight excluding hydrogens is 1110 g/mol. The van der Waals surface area contributed by atoms with Crippen LogP contribution in [0.15, 0.2) is 83.5 Å². The minimum Gasteiger partial charge on any atom is -0.497 e. The molecule has 8 heterocycles. The maximum atomic E-state index is 12.6. The highest BCUT2D eigenvalue weighted by molar-refractivity contribution is 5.78. The number of ether oxygens (including phenoxy) is 10. The third kappa shape index (κ3) is 15.3. The second-order valence-corrected chi connectivity index (χ2v) is 28.8. The minimum absolute atomic E-state index is 0. The molecule has 4 aliphatic carbocycles. The maximum absolute atomic E-state index is 12.6. The molecular formula is C73H107NO14. The van der Waals surface area contributed by atoms with Gasteiger partial charge in [0.15, 0.2) is 0 Å². The van der Waals surface area contributed by atoms with Crippen LogP contribution < -0.4 is 4.74 Å². The summed E-state index contributed by atoms with van der Waals surface area (Å²) in [4.78, 5) is 51.0. The van der Waals surface area contributed by atoms with Gasteiger partial charge >= 0.3 is 23.9 Å². The third-order valence-electron chi connectivity index (χ3n) is 21.8. The number of rotatable bonds is 9. The summed E-state index contributed by atoms with van der Waals surface area (Å²) < 4.78 is 57.7. The van der Waals surface area contributed by atoms with Crippen molar-refractivity contribution < 1.29 is 66.5 Å². The lowest BCUT2D eigenvalue weighted by Gasteiger charge is -2.23. The van der Waals surface area contributed by atoms with E-state index in [4.69, 9.17) is 47.4 Å². The average Bonchev–Trinajstić information content (AvgIpc) is 1.84. The summed E-state index contributed by atoms with van der Waals surface area (Å²) in [6, 6.07) is 7.80. The normalized spacial score (nSPS) is 43.4. The molecule has 0 spiro atoms. The van der Waals surface area contributed by atoms with E-state index >= 15 is 0 Å². The highest BCUT2D eigenvalue weighted by Crippen LogP contribution is 2.54. The molecule has 1 aromatic rings. The zero-order valence-electron chi connectivity index (χ0n) is 54.4. The summed E-state index contributed by atoms with van der Waals surface area (Å²) in [5.41, 5.74) is 6.30. The molecule has 1 unspecified atom stereocenters. The van der Waals surface area contributed by atoms with Crippen molar-refractivity contribution in [3.63, 3.8) is 0 Å². The van der Waals surface area contributed by atoms with Gasteiger partial charge in [-0.05, 0) is 196 Å². The fourth-order valence-electron chi connectivity index (χ4n) is 15.9. The SMILES string of the molecule is C.C/C1=C\CC[C@@]2(C)O[C@H]2[C@H]2OC(=O)[C@@H](CN(C)C)[C@@H]2CC1.C=CC1C(=O)O[C@H]2[C@H]1CC/C(C)=C/CC[C@@]1(C)O[C@@H]21.CC[C@@H]1C(=O)O[C@H]2[C@H]1CC/C(C)=C/CC[C@@]1(C)O[C@@H]21.COc1ccc(COC[C@@H]2C(=O)O[C@H]3[C@H]2CC/C(C)=C/CC[C@@]2(C)O[C@@H]32)cc1. The molecule has 88 heavy (non-hydrogen) atoms. The number of esters is 4. The van der Waals surface area contributed by atoms with Crippen LogP contribution in [0.25, 0.3) is 0 Å². The Balaban J connectivity index is 0.000000141. The molecule has 0 aromatic heterocycles. The number of nitrogens with zero attached hydrogens (tertiary/aromatic N) is 1. The molecule has 13 rings (SSSR count). The van der Waals surface area contributed by atoms with Gasteiger partial charge in [-0.25, -0.2) is 0 Å². The quantitative estimate of drug-likeness (QED) is 0.0986. The molecule has 488 valence electrons. The number of carbonyl (C=O) groups is 4. The molecule has 0 N–H and O–H groups in total. The molecule has 0 radical (unpaired) electrons. The monoisotopic (exact) mass is 1220 g/mol. The standard InChI is InChI=1S/C23H30O5.C17H27NO3.C16H24O3.C16H22O3.CH4/c1-15-5-4-12-23(2)21(28-23)20-18(11-6-15)19(22(24)27-20)14-26-13-16-7-9-17(25-3)10-8-16;1-11-6-5-9-17(2)15(21-17)14-12(8-7-11)13(10-18(3)4)16(19)20-14;2*1-4-11-12-8-7-10(2)6-5-9-16(3)14(19-16)13(12)18-15(11)17;/h5,7-10,18-21H,4,6,11-14H2,1-3H3;6,12-15H,5,7-10H2,1-4H3;6,11-14H,4-5,7-9H2,1-3H3;4,6,11-14H,1,5,7-9H2,2-3H3;1H4/b15-5+;11-6+;2*10-6+;/t18-,19-,20-,21-,23+;12-,13-,14-,15-,17+;11-,12-,13-,14-,16+;11?,12-,13-,14-,16+;/m0000./s1. The molecule has 8 fully saturated rings. The van der Waals surface area contributed by atoms with Crippen molar-refractivity contribution in [2.45, 2.75) is 257 Å². The first kappa shape index (κ1) is 67.7. The smallest absolute Gasteiger partial charge is 0.313 e. The summed E-state index contributed by atoms with van der Waals surface area (Å²) in [6.45, 7) is 24.9. The van der Waals surface area contributed by atoms with Gasteiger partial charge in [-0.1, -0.05) is 79.2 Å². The molecule has 0 bridgehead atoms. The number of methoxy groups -OCH3 is 1. The van der Waals surface area contributed by atoms with Crippen LogP contribution in [0.3, 0.4) is 0 Å². The minimum atomic E-state index is -0.219. The highest BCUT2D eigenvalue weighted by Gasteiger charge is 2.66. The van der Waals surface area contributed by atoms with Crippen LogP contribution in [-0.2, 0) is 68.4 Å². The van der Waals surface area contributed by atoms with E-state index in [1.807, 2.05) is 38.4 Å². The van der Waals surface area contributed by atoms with Gasteiger partial charge in [-0.3, -0.25) is 19.2 Å². The van der Waals surface area contributed by atoms with Gasteiger partial charge in [0, 0.05) is 30.2 Å². The van der Waals surface area contributed by atoms with E-state index in [1.54, 1.807) is 13.2 Å². The van der Waals surface area contributed by atoms with E-state index in [0.717, 1.165) is 127 Å². The number of hydrogen-bond donors (Lipinski definition) is 0. The largest absolute Gasteiger partial charge is 0.497 e. The third-order valence-corrected chi connectivity index (χ3v) is 21.8. The van der Waals surface area contributed by atoms with E-state index < -0.39 is 0 Å². The lowest BCUT2D eigenvalue weighted by molar-refractivity contribution is -0.147. The first-order valence-electron chi connectivity index (χ1n) is 33.1. The van der Waals surface area contributed by atoms with E-state index in [2.05, 4.69) is 98.1 Å². The van der Waals surface area contributed by atoms with Gasteiger partial charge in [0.25, 0.3) is 0 Å².